The Morgan fingerprint density at radius 2 is 2.19 bits per heavy atom. The van der Waals surface area contributed by atoms with Crippen LogP contribution in [0.25, 0.3) is 0 Å². The number of anilines is 1. The second-order valence-corrected chi connectivity index (χ2v) is 4.24. The van der Waals surface area contributed by atoms with Crippen molar-refractivity contribution in [3.8, 4) is 17.6 Å². The number of amides is 1. The molecule has 5 heteroatoms. The van der Waals surface area contributed by atoms with Crippen molar-refractivity contribution in [3.05, 3.63) is 47.4 Å². The lowest BCUT2D eigenvalue weighted by molar-refractivity contribution is 0.0995. The van der Waals surface area contributed by atoms with E-state index in [9.17, 15) is 4.79 Å². The van der Waals surface area contributed by atoms with E-state index < -0.39 is 0 Å². The summed E-state index contributed by atoms with van der Waals surface area (Å²) < 4.78 is 10.5. The monoisotopic (exact) mass is 285 g/mol. The van der Waals surface area contributed by atoms with E-state index in [1.165, 1.54) is 7.11 Å². The molecule has 0 aliphatic carbocycles. The highest BCUT2D eigenvalue weighted by Crippen LogP contribution is 2.26. The Kier molecular flexibility index (Phi) is 4.64. The van der Waals surface area contributed by atoms with E-state index in [2.05, 4.69) is 17.2 Å². The van der Waals surface area contributed by atoms with Gasteiger partial charge in [0, 0.05) is 5.56 Å². The molecular weight excluding hydrogens is 270 g/mol. The maximum absolute atomic E-state index is 12.1. The van der Waals surface area contributed by atoms with Crippen molar-refractivity contribution >= 4 is 11.6 Å². The Balaban J connectivity index is 2.26. The number of hydrogen-bond donors (Lipinski definition) is 2. The predicted octanol–water partition coefficient (Wildman–Crippen LogP) is 2.19. The molecule has 2 aromatic rings. The fraction of sp³-hybridized carbons (Fsp3) is 0.188. The zero-order valence-corrected chi connectivity index (χ0v) is 11.8. The quantitative estimate of drug-likeness (QED) is 0.848. The number of furan rings is 1. The third-order valence-corrected chi connectivity index (χ3v) is 2.72. The van der Waals surface area contributed by atoms with Crippen molar-refractivity contribution in [1.29, 1.82) is 0 Å². The van der Waals surface area contributed by atoms with E-state index in [4.69, 9.17) is 14.3 Å². The number of hydrogen-bond acceptors (Lipinski definition) is 4. The molecule has 2 N–H and O–H groups in total. The first-order valence-electron chi connectivity index (χ1n) is 6.29. The molecule has 0 aliphatic rings. The van der Waals surface area contributed by atoms with Crippen molar-refractivity contribution in [2.45, 2.75) is 6.92 Å². The molecule has 1 aromatic heterocycles. The summed E-state index contributed by atoms with van der Waals surface area (Å²) >= 11 is 0. The number of methoxy groups -OCH3 is 1. The summed E-state index contributed by atoms with van der Waals surface area (Å²) in [6.07, 6.45) is 0. The fourth-order valence-electron chi connectivity index (χ4n) is 1.77. The van der Waals surface area contributed by atoms with Crippen molar-refractivity contribution < 1.29 is 19.1 Å². The van der Waals surface area contributed by atoms with E-state index in [1.807, 2.05) is 0 Å². The predicted molar refractivity (Wildman–Crippen MR) is 78.4 cm³/mol. The average molecular weight is 285 g/mol. The average Bonchev–Trinajstić information content (AvgIpc) is 2.92. The van der Waals surface area contributed by atoms with Crippen LogP contribution in [-0.2, 0) is 0 Å². The highest BCUT2D eigenvalue weighted by atomic mass is 16.5. The summed E-state index contributed by atoms with van der Waals surface area (Å²) in [5.41, 5.74) is 1.15. The molecule has 5 nitrogen and oxygen atoms in total. The molecule has 0 atom stereocenters. The maximum atomic E-state index is 12.1. The van der Waals surface area contributed by atoms with Gasteiger partial charge in [-0.3, -0.25) is 4.79 Å². The highest BCUT2D eigenvalue weighted by Gasteiger charge is 2.13. The van der Waals surface area contributed by atoms with Crippen LogP contribution in [0.3, 0.4) is 0 Å². The molecular formula is C16H15NO4. The van der Waals surface area contributed by atoms with Crippen molar-refractivity contribution in [2.24, 2.45) is 0 Å². The van der Waals surface area contributed by atoms with Gasteiger partial charge in [-0.25, -0.2) is 0 Å². The molecule has 0 aliphatic heterocycles. The Bertz CT molecular complexity index is 707. The van der Waals surface area contributed by atoms with Crippen molar-refractivity contribution in [1.82, 2.24) is 0 Å². The maximum Gasteiger partial charge on any atom is 0.291 e. The number of carbonyl (C=O) groups excluding carboxylic acids is 1. The standard InChI is InChI=1S/C16H15NO4/c1-11-5-7-15(21-11)16(19)17-13-10-12(4-3-9-18)6-8-14(13)20-2/h5-8,10,18H,9H2,1-2H3,(H,17,19). The highest BCUT2D eigenvalue weighted by molar-refractivity contribution is 6.03. The number of nitrogens with one attached hydrogen (secondary N) is 1. The molecule has 1 amide bonds. The minimum Gasteiger partial charge on any atom is -0.495 e. The topological polar surface area (TPSA) is 71.7 Å². The van der Waals surface area contributed by atoms with Crippen LogP contribution < -0.4 is 10.1 Å². The van der Waals surface area contributed by atoms with E-state index in [0.29, 0.717) is 22.8 Å². The summed E-state index contributed by atoms with van der Waals surface area (Å²) in [6.45, 7) is 1.54. The SMILES string of the molecule is COc1ccc(C#CCO)cc1NC(=O)c1ccc(C)o1. The first-order chi connectivity index (χ1) is 10.1. The van der Waals surface area contributed by atoms with Crippen molar-refractivity contribution in [3.63, 3.8) is 0 Å². The Hall–Kier alpha value is -2.71. The molecule has 2 rings (SSSR count). The summed E-state index contributed by atoms with van der Waals surface area (Å²) in [5, 5.41) is 11.4. The van der Waals surface area contributed by atoms with Gasteiger partial charge in [0.25, 0.3) is 5.91 Å². The smallest absolute Gasteiger partial charge is 0.291 e. The minimum atomic E-state index is -0.367. The zero-order chi connectivity index (χ0) is 15.2. The number of carbonyl (C=O) groups is 1. The fourth-order valence-corrected chi connectivity index (χ4v) is 1.77. The molecule has 0 spiro atoms. The molecule has 0 unspecified atom stereocenters. The van der Waals surface area contributed by atoms with Gasteiger partial charge in [0.15, 0.2) is 5.76 Å². The summed E-state index contributed by atoms with van der Waals surface area (Å²) in [6, 6.07) is 8.44. The number of aliphatic hydroxyl groups is 1. The van der Waals surface area contributed by atoms with Crippen LogP contribution in [0.15, 0.2) is 34.7 Å². The van der Waals surface area contributed by atoms with Crippen LogP contribution in [0.4, 0.5) is 5.69 Å². The molecule has 0 saturated heterocycles. The summed E-state index contributed by atoms with van der Waals surface area (Å²) in [4.78, 5) is 12.1. The van der Waals surface area contributed by atoms with Crippen LogP contribution >= 0.6 is 0 Å². The second kappa shape index (κ2) is 6.64. The largest absolute Gasteiger partial charge is 0.495 e. The van der Waals surface area contributed by atoms with E-state index in [-0.39, 0.29) is 18.3 Å². The van der Waals surface area contributed by atoms with Gasteiger partial charge in [-0.05, 0) is 37.3 Å². The van der Waals surface area contributed by atoms with Crippen LogP contribution in [0.5, 0.6) is 5.75 Å². The number of aryl methyl sites for hydroxylation is 1. The first kappa shape index (κ1) is 14.7. The molecule has 1 heterocycles. The van der Waals surface area contributed by atoms with Crippen LogP contribution in [0.1, 0.15) is 21.9 Å². The van der Waals surface area contributed by atoms with Gasteiger partial charge >= 0.3 is 0 Å². The lowest BCUT2D eigenvalue weighted by Crippen LogP contribution is -2.11. The van der Waals surface area contributed by atoms with Gasteiger partial charge in [0.05, 0.1) is 12.8 Å². The van der Waals surface area contributed by atoms with Gasteiger partial charge in [0.1, 0.15) is 18.1 Å². The van der Waals surface area contributed by atoms with Gasteiger partial charge in [-0.2, -0.15) is 0 Å². The third-order valence-electron chi connectivity index (χ3n) is 2.72. The third kappa shape index (κ3) is 3.65. The van der Waals surface area contributed by atoms with E-state index in [0.717, 1.165) is 0 Å². The normalized spacial score (nSPS) is 9.67. The Morgan fingerprint density at radius 3 is 2.81 bits per heavy atom. The van der Waals surface area contributed by atoms with Crippen molar-refractivity contribution in [2.75, 3.05) is 19.0 Å². The van der Waals surface area contributed by atoms with E-state index in [1.54, 1.807) is 37.3 Å². The van der Waals surface area contributed by atoms with Crippen LogP contribution in [0.2, 0.25) is 0 Å². The number of ether oxygens (including phenoxy) is 1. The number of benzene rings is 1. The molecule has 0 fully saturated rings. The Labute approximate surface area is 122 Å². The number of rotatable bonds is 3. The number of aliphatic hydroxyl groups excluding tert-OH is 1. The van der Waals surface area contributed by atoms with Crippen LogP contribution in [0, 0.1) is 18.8 Å². The molecule has 0 radical (unpaired) electrons. The summed E-state index contributed by atoms with van der Waals surface area (Å²) in [7, 11) is 1.51. The molecule has 21 heavy (non-hydrogen) atoms. The summed E-state index contributed by atoms with van der Waals surface area (Å²) in [5.74, 6) is 6.36. The molecule has 108 valence electrons. The van der Waals surface area contributed by atoms with Crippen LogP contribution in [-0.4, -0.2) is 24.7 Å². The van der Waals surface area contributed by atoms with Gasteiger partial charge in [-0.15, -0.1) is 0 Å². The molecule has 1 aromatic carbocycles. The van der Waals surface area contributed by atoms with Gasteiger partial charge < -0.3 is 19.6 Å². The molecule has 0 bridgehead atoms. The van der Waals surface area contributed by atoms with Gasteiger partial charge in [0.2, 0.25) is 0 Å². The second-order valence-electron chi connectivity index (χ2n) is 4.24. The lowest BCUT2D eigenvalue weighted by atomic mass is 10.2. The first-order valence-corrected chi connectivity index (χ1v) is 6.29. The zero-order valence-electron chi connectivity index (χ0n) is 11.8. The van der Waals surface area contributed by atoms with E-state index >= 15 is 0 Å². The minimum absolute atomic E-state index is 0.223. The van der Waals surface area contributed by atoms with Gasteiger partial charge in [-0.1, -0.05) is 11.8 Å². The molecule has 0 saturated carbocycles. The lowest BCUT2D eigenvalue weighted by Gasteiger charge is -2.09. The Morgan fingerprint density at radius 1 is 1.38 bits per heavy atom.